The minimum atomic E-state index is 0.635. The number of aliphatic imine (C=N–C) groups is 1. The van der Waals surface area contributed by atoms with Crippen molar-refractivity contribution in [2.75, 3.05) is 71.6 Å². The summed E-state index contributed by atoms with van der Waals surface area (Å²) in [7, 11) is 3.51. The number of piperazine rings is 1. The van der Waals surface area contributed by atoms with Crippen molar-refractivity contribution < 1.29 is 9.47 Å². The smallest absolute Gasteiger partial charge is 0.193 e. The molecular weight excluding hydrogens is 300 g/mol. The van der Waals surface area contributed by atoms with Gasteiger partial charge in [0.25, 0.3) is 0 Å². The third-order valence-corrected chi connectivity index (χ3v) is 4.50. The molecule has 0 atom stereocenters. The first-order valence-electron chi connectivity index (χ1n) is 7.66. The number of hydrogen-bond donors (Lipinski definition) is 1. The predicted octanol–water partition coefficient (Wildman–Crippen LogP) is 1.11. The highest BCUT2D eigenvalue weighted by Crippen LogP contribution is 2.22. The zero-order valence-electron chi connectivity index (χ0n) is 13.5. The van der Waals surface area contributed by atoms with Crippen LogP contribution in [0.3, 0.4) is 0 Å². The lowest BCUT2D eigenvalue weighted by molar-refractivity contribution is 0.0731. The summed E-state index contributed by atoms with van der Waals surface area (Å²) in [5.74, 6) is 0.959. The number of guanidine groups is 1. The van der Waals surface area contributed by atoms with E-state index in [0.717, 1.165) is 38.7 Å². The van der Waals surface area contributed by atoms with Crippen molar-refractivity contribution in [1.82, 2.24) is 10.2 Å². The maximum Gasteiger partial charge on any atom is 0.193 e. The zero-order valence-corrected chi connectivity index (χ0v) is 14.3. The van der Waals surface area contributed by atoms with Crippen LogP contribution in [0.15, 0.2) is 22.5 Å². The van der Waals surface area contributed by atoms with Gasteiger partial charge in [-0.25, -0.2) is 0 Å². The highest BCUT2D eigenvalue weighted by Gasteiger charge is 2.19. The molecule has 0 aliphatic carbocycles. The van der Waals surface area contributed by atoms with Crippen molar-refractivity contribution >= 4 is 22.3 Å². The number of ether oxygens (including phenoxy) is 2. The molecule has 0 amide bonds. The van der Waals surface area contributed by atoms with Crippen LogP contribution >= 0.6 is 11.3 Å². The van der Waals surface area contributed by atoms with Crippen molar-refractivity contribution in [3.8, 4) is 0 Å². The van der Waals surface area contributed by atoms with Gasteiger partial charge in [0, 0.05) is 46.9 Å². The van der Waals surface area contributed by atoms with E-state index in [-0.39, 0.29) is 0 Å². The third-order valence-electron chi connectivity index (χ3n) is 3.57. The van der Waals surface area contributed by atoms with Crippen LogP contribution in [0, 0.1) is 0 Å². The molecule has 6 nitrogen and oxygen atoms in total. The van der Waals surface area contributed by atoms with Gasteiger partial charge in [0.15, 0.2) is 5.96 Å². The van der Waals surface area contributed by atoms with Gasteiger partial charge in [0.2, 0.25) is 0 Å². The van der Waals surface area contributed by atoms with Crippen molar-refractivity contribution in [3.05, 3.63) is 17.5 Å². The summed E-state index contributed by atoms with van der Waals surface area (Å²) < 4.78 is 10.4. The van der Waals surface area contributed by atoms with E-state index in [0.29, 0.717) is 19.8 Å². The first-order valence-corrected chi connectivity index (χ1v) is 8.54. The third kappa shape index (κ3) is 5.15. The maximum absolute atomic E-state index is 5.45. The van der Waals surface area contributed by atoms with Crippen molar-refractivity contribution in [2.45, 2.75) is 0 Å². The average Bonchev–Trinajstić information content (AvgIpc) is 3.09. The molecule has 2 heterocycles. The Labute approximate surface area is 136 Å². The Morgan fingerprint density at radius 1 is 1.27 bits per heavy atom. The highest BCUT2D eigenvalue weighted by molar-refractivity contribution is 7.14. The van der Waals surface area contributed by atoms with Crippen LogP contribution in [0.2, 0.25) is 0 Å². The van der Waals surface area contributed by atoms with E-state index < -0.39 is 0 Å². The van der Waals surface area contributed by atoms with Crippen LogP contribution in [0.25, 0.3) is 0 Å². The molecule has 1 aliphatic rings. The second-order valence-electron chi connectivity index (χ2n) is 5.00. The molecule has 7 heteroatoms. The SMILES string of the molecule is CN=C(NCCOCCOC)N1CCN(c2cccs2)CC1. The van der Waals surface area contributed by atoms with Crippen LogP contribution < -0.4 is 10.2 Å². The van der Waals surface area contributed by atoms with Crippen molar-refractivity contribution in [2.24, 2.45) is 4.99 Å². The number of methoxy groups -OCH3 is 1. The second kappa shape index (κ2) is 9.66. The lowest BCUT2D eigenvalue weighted by Gasteiger charge is -2.37. The number of thiophene rings is 1. The van der Waals surface area contributed by atoms with Gasteiger partial charge in [0.05, 0.1) is 24.8 Å². The molecular formula is C15H26N4O2S. The molecule has 22 heavy (non-hydrogen) atoms. The summed E-state index contributed by atoms with van der Waals surface area (Å²) in [5, 5.41) is 6.85. The van der Waals surface area contributed by atoms with Gasteiger partial charge >= 0.3 is 0 Å². The van der Waals surface area contributed by atoms with E-state index in [1.807, 2.05) is 7.05 Å². The first-order chi connectivity index (χ1) is 10.8. The van der Waals surface area contributed by atoms with Gasteiger partial charge in [-0.1, -0.05) is 0 Å². The molecule has 1 aromatic heterocycles. The molecule has 1 aromatic rings. The monoisotopic (exact) mass is 326 g/mol. The summed E-state index contributed by atoms with van der Waals surface area (Å²) in [6.45, 7) is 6.75. The molecule has 1 saturated heterocycles. The Bertz CT molecular complexity index is 431. The van der Waals surface area contributed by atoms with Gasteiger partial charge in [-0.2, -0.15) is 0 Å². The fourth-order valence-corrected chi connectivity index (χ4v) is 3.19. The van der Waals surface area contributed by atoms with Crippen molar-refractivity contribution in [1.29, 1.82) is 0 Å². The van der Waals surface area contributed by atoms with Crippen LogP contribution in [-0.4, -0.2) is 77.6 Å². The zero-order chi connectivity index (χ0) is 15.6. The van der Waals surface area contributed by atoms with Gasteiger partial charge < -0.3 is 24.6 Å². The summed E-state index contributed by atoms with van der Waals surface area (Å²) in [6, 6.07) is 4.29. The minimum Gasteiger partial charge on any atom is -0.382 e. The topological polar surface area (TPSA) is 49.3 Å². The number of hydrogen-bond acceptors (Lipinski definition) is 5. The molecule has 0 bridgehead atoms. The fraction of sp³-hybridized carbons (Fsp3) is 0.667. The summed E-state index contributed by atoms with van der Waals surface area (Å²) in [6.07, 6.45) is 0. The van der Waals surface area contributed by atoms with E-state index in [9.17, 15) is 0 Å². The molecule has 1 N–H and O–H groups in total. The van der Waals surface area contributed by atoms with Crippen molar-refractivity contribution in [3.63, 3.8) is 0 Å². The lowest BCUT2D eigenvalue weighted by atomic mass is 10.3. The Morgan fingerprint density at radius 3 is 2.73 bits per heavy atom. The number of nitrogens with one attached hydrogen (secondary N) is 1. The van der Waals surface area contributed by atoms with E-state index >= 15 is 0 Å². The van der Waals surface area contributed by atoms with Gasteiger partial charge in [-0.05, 0) is 17.5 Å². The molecule has 2 rings (SSSR count). The van der Waals surface area contributed by atoms with Crippen LogP contribution in [0.4, 0.5) is 5.00 Å². The van der Waals surface area contributed by atoms with E-state index in [2.05, 4.69) is 37.6 Å². The molecule has 0 radical (unpaired) electrons. The Kier molecular flexibility index (Phi) is 7.48. The van der Waals surface area contributed by atoms with Crippen LogP contribution in [-0.2, 0) is 9.47 Å². The largest absolute Gasteiger partial charge is 0.382 e. The Balaban J connectivity index is 1.67. The molecule has 1 fully saturated rings. The van der Waals surface area contributed by atoms with Gasteiger partial charge in [0.1, 0.15) is 0 Å². The fourth-order valence-electron chi connectivity index (χ4n) is 2.40. The number of rotatable bonds is 7. The van der Waals surface area contributed by atoms with E-state index in [1.165, 1.54) is 5.00 Å². The normalized spacial score (nSPS) is 16.2. The number of nitrogens with zero attached hydrogens (tertiary/aromatic N) is 3. The summed E-state index contributed by atoms with van der Waals surface area (Å²) in [5.41, 5.74) is 0. The Morgan fingerprint density at radius 2 is 2.09 bits per heavy atom. The molecule has 124 valence electrons. The van der Waals surface area contributed by atoms with Gasteiger partial charge in [-0.15, -0.1) is 11.3 Å². The molecule has 0 unspecified atom stereocenters. The summed E-state index contributed by atoms with van der Waals surface area (Å²) in [4.78, 5) is 9.11. The highest BCUT2D eigenvalue weighted by atomic mass is 32.1. The molecule has 0 saturated carbocycles. The molecule has 0 spiro atoms. The predicted molar refractivity (Wildman–Crippen MR) is 92.2 cm³/mol. The lowest BCUT2D eigenvalue weighted by Crippen LogP contribution is -2.52. The van der Waals surface area contributed by atoms with E-state index in [4.69, 9.17) is 9.47 Å². The first kappa shape index (κ1) is 17.1. The quantitative estimate of drug-likeness (QED) is 0.462. The van der Waals surface area contributed by atoms with Crippen LogP contribution in [0.1, 0.15) is 0 Å². The second-order valence-corrected chi connectivity index (χ2v) is 5.93. The number of anilines is 1. The average molecular weight is 326 g/mol. The summed E-state index contributed by atoms with van der Waals surface area (Å²) >= 11 is 1.80. The molecule has 1 aliphatic heterocycles. The maximum atomic E-state index is 5.45. The standard InChI is InChI=1S/C15H26N4O2S/c1-16-15(17-5-10-21-12-11-20-2)19-8-6-18(7-9-19)14-4-3-13-22-14/h3-4,13H,5-12H2,1-2H3,(H,16,17). The minimum absolute atomic E-state index is 0.635. The van der Waals surface area contributed by atoms with Crippen LogP contribution in [0.5, 0.6) is 0 Å². The molecule has 0 aromatic carbocycles. The Hall–Kier alpha value is -1.31. The van der Waals surface area contributed by atoms with E-state index in [1.54, 1.807) is 18.4 Å². The van der Waals surface area contributed by atoms with Gasteiger partial charge in [-0.3, -0.25) is 4.99 Å².